The zero-order chi connectivity index (χ0) is 11.8. The van der Waals surface area contributed by atoms with Crippen LogP contribution < -0.4 is 10.1 Å². The van der Waals surface area contributed by atoms with Crippen molar-refractivity contribution < 1.29 is 4.74 Å². The van der Waals surface area contributed by atoms with Gasteiger partial charge in [0.2, 0.25) is 0 Å². The molecular weight excluding hydrogens is 218 g/mol. The zero-order valence-corrected chi connectivity index (χ0v) is 11.2. The van der Waals surface area contributed by atoms with Gasteiger partial charge in [-0.15, -0.1) is 0 Å². The Bertz CT molecular complexity index is 315. The molecule has 1 rings (SSSR count). The molecule has 0 spiro atoms. The fourth-order valence-corrected chi connectivity index (χ4v) is 2.19. The molecule has 1 aromatic carbocycles. The van der Waals surface area contributed by atoms with Crippen molar-refractivity contribution in [3.8, 4) is 5.75 Å². The fraction of sp³-hybridized carbons (Fsp3) is 0.538. The third-order valence-electron chi connectivity index (χ3n) is 2.39. The first-order chi connectivity index (χ1) is 7.81. The maximum Gasteiger partial charge on any atom is 0.122 e. The Hall–Kier alpha value is -0.670. The highest BCUT2D eigenvalue weighted by atomic mass is 32.2. The Labute approximate surface area is 103 Å². The first-order valence-corrected chi connectivity index (χ1v) is 6.91. The molecule has 0 saturated heterocycles. The molecule has 0 aromatic heterocycles. The van der Waals surface area contributed by atoms with Crippen LogP contribution in [0.4, 0.5) is 0 Å². The van der Waals surface area contributed by atoms with Crippen LogP contribution in [0.25, 0.3) is 0 Å². The zero-order valence-electron chi connectivity index (χ0n) is 10.4. The summed E-state index contributed by atoms with van der Waals surface area (Å²) in [6.07, 6.45) is 0. The average molecular weight is 239 g/mol. The predicted molar refractivity (Wildman–Crippen MR) is 72.2 cm³/mol. The summed E-state index contributed by atoms with van der Waals surface area (Å²) in [7, 11) is 1.74. The molecule has 2 nitrogen and oxygen atoms in total. The summed E-state index contributed by atoms with van der Waals surface area (Å²) in [5.74, 6) is 3.17. The van der Waals surface area contributed by atoms with Crippen LogP contribution in [0.15, 0.2) is 18.2 Å². The largest absolute Gasteiger partial charge is 0.496 e. The molecule has 90 valence electrons. The van der Waals surface area contributed by atoms with Crippen LogP contribution >= 0.6 is 11.8 Å². The highest BCUT2D eigenvalue weighted by Crippen LogP contribution is 2.24. The topological polar surface area (TPSA) is 21.3 Å². The van der Waals surface area contributed by atoms with Gasteiger partial charge in [0.15, 0.2) is 0 Å². The van der Waals surface area contributed by atoms with Crippen LogP contribution in [-0.2, 0) is 12.3 Å². The van der Waals surface area contributed by atoms with E-state index in [1.807, 2.05) is 11.8 Å². The summed E-state index contributed by atoms with van der Waals surface area (Å²) in [6.45, 7) is 6.24. The number of ether oxygens (including phenoxy) is 1. The minimum Gasteiger partial charge on any atom is -0.496 e. The molecule has 0 amide bonds. The van der Waals surface area contributed by atoms with Crippen LogP contribution in [-0.4, -0.2) is 19.4 Å². The van der Waals surface area contributed by atoms with E-state index in [1.54, 1.807) is 7.11 Å². The lowest BCUT2D eigenvalue weighted by Gasteiger charge is -2.10. The molecule has 0 radical (unpaired) electrons. The smallest absolute Gasteiger partial charge is 0.122 e. The summed E-state index contributed by atoms with van der Waals surface area (Å²) >= 11 is 1.92. The van der Waals surface area contributed by atoms with Gasteiger partial charge >= 0.3 is 0 Å². The summed E-state index contributed by atoms with van der Waals surface area (Å²) < 4.78 is 5.37. The Morgan fingerprint density at radius 3 is 2.75 bits per heavy atom. The van der Waals surface area contributed by atoms with Crippen molar-refractivity contribution in [2.24, 2.45) is 0 Å². The SMILES string of the molecule is CCNCc1ccc(OC)c(CSCC)c1. The van der Waals surface area contributed by atoms with E-state index in [0.717, 1.165) is 30.3 Å². The highest BCUT2D eigenvalue weighted by Gasteiger charge is 2.04. The lowest BCUT2D eigenvalue weighted by molar-refractivity contribution is 0.411. The van der Waals surface area contributed by atoms with Gasteiger partial charge in [0.05, 0.1) is 7.11 Å². The maximum atomic E-state index is 5.37. The molecule has 16 heavy (non-hydrogen) atoms. The van der Waals surface area contributed by atoms with Crippen LogP contribution in [0.1, 0.15) is 25.0 Å². The van der Waals surface area contributed by atoms with E-state index in [9.17, 15) is 0 Å². The van der Waals surface area contributed by atoms with E-state index in [1.165, 1.54) is 11.1 Å². The van der Waals surface area contributed by atoms with Crippen LogP contribution in [0, 0.1) is 0 Å². The van der Waals surface area contributed by atoms with Gasteiger partial charge < -0.3 is 10.1 Å². The quantitative estimate of drug-likeness (QED) is 0.790. The Morgan fingerprint density at radius 2 is 2.12 bits per heavy atom. The van der Waals surface area contributed by atoms with E-state index in [4.69, 9.17) is 4.74 Å². The summed E-state index contributed by atoms with van der Waals surface area (Å²) in [5.41, 5.74) is 2.62. The molecule has 0 aliphatic carbocycles. The molecule has 0 unspecified atom stereocenters. The lowest BCUT2D eigenvalue weighted by atomic mass is 10.1. The van der Waals surface area contributed by atoms with E-state index in [-0.39, 0.29) is 0 Å². The third kappa shape index (κ3) is 4.06. The number of hydrogen-bond donors (Lipinski definition) is 1. The standard InChI is InChI=1S/C13H21NOS/c1-4-14-9-11-6-7-13(15-3)12(8-11)10-16-5-2/h6-8,14H,4-5,9-10H2,1-3H3. The van der Waals surface area contributed by atoms with Gasteiger partial charge in [-0.1, -0.05) is 19.9 Å². The van der Waals surface area contributed by atoms with Gasteiger partial charge in [-0.2, -0.15) is 11.8 Å². The molecule has 0 atom stereocenters. The number of rotatable bonds is 7. The van der Waals surface area contributed by atoms with Gasteiger partial charge in [-0.05, 0) is 30.0 Å². The van der Waals surface area contributed by atoms with E-state index in [0.29, 0.717) is 0 Å². The Balaban J connectivity index is 2.74. The number of benzene rings is 1. The Kier molecular flexibility index (Phi) is 6.34. The third-order valence-corrected chi connectivity index (χ3v) is 3.31. The number of methoxy groups -OCH3 is 1. The van der Waals surface area contributed by atoms with Crippen LogP contribution in [0.2, 0.25) is 0 Å². The molecular formula is C13H21NOS. The normalized spacial score (nSPS) is 10.4. The van der Waals surface area contributed by atoms with Crippen molar-refractivity contribution in [1.29, 1.82) is 0 Å². The Morgan fingerprint density at radius 1 is 1.31 bits per heavy atom. The molecule has 3 heteroatoms. The molecule has 0 aliphatic rings. The number of nitrogens with one attached hydrogen (secondary N) is 1. The molecule has 0 heterocycles. The molecule has 1 aromatic rings. The van der Waals surface area contributed by atoms with Crippen molar-refractivity contribution in [2.45, 2.75) is 26.1 Å². The molecule has 1 N–H and O–H groups in total. The second-order valence-electron chi connectivity index (χ2n) is 3.56. The van der Waals surface area contributed by atoms with Crippen molar-refractivity contribution in [3.63, 3.8) is 0 Å². The molecule has 0 bridgehead atoms. The predicted octanol–water partition coefficient (Wildman–Crippen LogP) is 3.06. The van der Waals surface area contributed by atoms with Crippen LogP contribution in [0.3, 0.4) is 0 Å². The minimum absolute atomic E-state index is 0.935. The summed E-state index contributed by atoms with van der Waals surface area (Å²) in [4.78, 5) is 0. The lowest BCUT2D eigenvalue weighted by Crippen LogP contribution is -2.11. The van der Waals surface area contributed by atoms with Gasteiger partial charge in [0, 0.05) is 17.9 Å². The van der Waals surface area contributed by atoms with E-state index < -0.39 is 0 Å². The van der Waals surface area contributed by atoms with Crippen molar-refractivity contribution in [1.82, 2.24) is 5.32 Å². The molecule has 0 aliphatic heterocycles. The number of thioether (sulfide) groups is 1. The van der Waals surface area contributed by atoms with Gasteiger partial charge in [0.1, 0.15) is 5.75 Å². The maximum absolute atomic E-state index is 5.37. The van der Waals surface area contributed by atoms with E-state index in [2.05, 4.69) is 37.4 Å². The van der Waals surface area contributed by atoms with Crippen molar-refractivity contribution in [3.05, 3.63) is 29.3 Å². The molecule has 0 fully saturated rings. The fourth-order valence-electron chi connectivity index (χ4n) is 1.54. The van der Waals surface area contributed by atoms with Gasteiger partial charge in [-0.3, -0.25) is 0 Å². The number of hydrogen-bond acceptors (Lipinski definition) is 3. The first-order valence-electron chi connectivity index (χ1n) is 5.76. The second kappa shape index (κ2) is 7.58. The van der Waals surface area contributed by atoms with E-state index >= 15 is 0 Å². The second-order valence-corrected chi connectivity index (χ2v) is 4.84. The van der Waals surface area contributed by atoms with Crippen molar-refractivity contribution >= 4 is 11.8 Å². The van der Waals surface area contributed by atoms with Crippen LogP contribution in [0.5, 0.6) is 5.75 Å². The molecule has 0 saturated carbocycles. The van der Waals surface area contributed by atoms with Gasteiger partial charge in [-0.25, -0.2) is 0 Å². The first kappa shape index (κ1) is 13.4. The van der Waals surface area contributed by atoms with Crippen molar-refractivity contribution in [2.75, 3.05) is 19.4 Å². The highest BCUT2D eigenvalue weighted by molar-refractivity contribution is 7.98. The summed E-state index contributed by atoms with van der Waals surface area (Å²) in [6, 6.07) is 6.43. The minimum atomic E-state index is 0.935. The summed E-state index contributed by atoms with van der Waals surface area (Å²) in [5, 5.41) is 3.34. The monoisotopic (exact) mass is 239 g/mol. The average Bonchev–Trinajstić information content (AvgIpc) is 2.33. The van der Waals surface area contributed by atoms with Gasteiger partial charge in [0.25, 0.3) is 0 Å².